The fourth-order valence-electron chi connectivity index (χ4n) is 2.57. The number of carboxylic acids is 1. The summed E-state index contributed by atoms with van der Waals surface area (Å²) in [5.74, 6) is -1.05. The van der Waals surface area contributed by atoms with E-state index in [9.17, 15) is 4.79 Å². The Morgan fingerprint density at radius 2 is 2.24 bits per heavy atom. The fourth-order valence-corrected chi connectivity index (χ4v) is 2.57. The Kier molecular flexibility index (Phi) is 3.94. The molecule has 1 heterocycles. The van der Waals surface area contributed by atoms with Crippen LogP contribution in [0.15, 0.2) is 28.7 Å². The first-order valence-corrected chi connectivity index (χ1v) is 7.16. The van der Waals surface area contributed by atoms with E-state index in [2.05, 4.69) is 4.90 Å². The van der Waals surface area contributed by atoms with Crippen LogP contribution in [-0.4, -0.2) is 42.3 Å². The van der Waals surface area contributed by atoms with E-state index in [0.29, 0.717) is 11.6 Å². The molecular formula is C16H19NO4. The minimum Gasteiger partial charge on any atom is -0.475 e. The summed E-state index contributed by atoms with van der Waals surface area (Å²) in [4.78, 5) is 13.4. The summed E-state index contributed by atoms with van der Waals surface area (Å²) in [6.07, 6.45) is 2.50. The van der Waals surface area contributed by atoms with E-state index in [4.69, 9.17) is 14.3 Å². The van der Waals surface area contributed by atoms with Gasteiger partial charge in [-0.25, -0.2) is 4.79 Å². The van der Waals surface area contributed by atoms with Gasteiger partial charge in [0.2, 0.25) is 5.76 Å². The lowest BCUT2D eigenvalue weighted by molar-refractivity contribution is 0.0665. The summed E-state index contributed by atoms with van der Waals surface area (Å²) in [5.41, 5.74) is 1.79. The predicted molar refractivity (Wildman–Crippen MR) is 78.5 cm³/mol. The maximum absolute atomic E-state index is 10.9. The highest BCUT2D eigenvalue weighted by Crippen LogP contribution is 2.29. The number of benzene rings is 1. The van der Waals surface area contributed by atoms with E-state index in [1.54, 1.807) is 13.2 Å². The van der Waals surface area contributed by atoms with Crippen molar-refractivity contribution in [2.45, 2.75) is 25.4 Å². The van der Waals surface area contributed by atoms with Crippen LogP contribution < -0.4 is 0 Å². The Morgan fingerprint density at radius 1 is 1.43 bits per heavy atom. The number of carboxylic acid groups (broad SMARTS) is 1. The van der Waals surface area contributed by atoms with Crippen molar-refractivity contribution in [1.29, 1.82) is 0 Å². The van der Waals surface area contributed by atoms with E-state index in [-0.39, 0.29) is 5.76 Å². The standard InChI is InChI=1S/C16H19NO4/c1-20-7-6-17(13-3-4-13)10-11-2-5-14-12(8-11)9-15(21-14)16(18)19/h2,5,8-9,13H,3-4,6-7,10H2,1H3,(H,18,19). The van der Waals surface area contributed by atoms with Crippen LogP contribution in [-0.2, 0) is 11.3 Å². The van der Waals surface area contributed by atoms with E-state index < -0.39 is 5.97 Å². The highest BCUT2D eigenvalue weighted by atomic mass is 16.5. The number of methoxy groups -OCH3 is 1. The van der Waals surface area contributed by atoms with Crippen LogP contribution in [0, 0.1) is 0 Å². The smallest absolute Gasteiger partial charge is 0.371 e. The second-order valence-corrected chi connectivity index (χ2v) is 5.48. The predicted octanol–water partition coefficient (Wildman–Crippen LogP) is 2.74. The largest absolute Gasteiger partial charge is 0.475 e. The molecule has 0 unspecified atom stereocenters. The van der Waals surface area contributed by atoms with Gasteiger partial charge < -0.3 is 14.3 Å². The molecule has 1 aliphatic rings. The number of hydrogen-bond donors (Lipinski definition) is 1. The molecular weight excluding hydrogens is 270 g/mol. The zero-order chi connectivity index (χ0) is 14.8. The summed E-state index contributed by atoms with van der Waals surface area (Å²) in [5, 5.41) is 9.80. The molecule has 2 aromatic rings. The van der Waals surface area contributed by atoms with E-state index in [0.717, 1.165) is 25.1 Å². The Morgan fingerprint density at radius 3 is 2.90 bits per heavy atom. The number of hydrogen-bond acceptors (Lipinski definition) is 4. The van der Waals surface area contributed by atoms with Crippen molar-refractivity contribution in [2.75, 3.05) is 20.3 Å². The first-order valence-electron chi connectivity index (χ1n) is 7.16. The Hall–Kier alpha value is -1.85. The number of aromatic carboxylic acids is 1. The van der Waals surface area contributed by atoms with Crippen LogP contribution in [0.3, 0.4) is 0 Å². The second-order valence-electron chi connectivity index (χ2n) is 5.48. The molecule has 0 spiro atoms. The molecule has 1 fully saturated rings. The molecule has 1 aromatic heterocycles. The fraction of sp³-hybridized carbons (Fsp3) is 0.438. The van der Waals surface area contributed by atoms with E-state index >= 15 is 0 Å². The molecule has 0 bridgehead atoms. The Balaban J connectivity index is 1.77. The van der Waals surface area contributed by atoms with Gasteiger partial charge in [-0.05, 0) is 36.6 Å². The molecule has 0 saturated heterocycles. The zero-order valence-corrected chi connectivity index (χ0v) is 12.0. The number of fused-ring (bicyclic) bond motifs is 1. The van der Waals surface area contributed by atoms with Gasteiger partial charge in [0.15, 0.2) is 0 Å². The summed E-state index contributed by atoms with van der Waals surface area (Å²) in [6.45, 7) is 2.51. The maximum atomic E-state index is 10.9. The van der Waals surface area contributed by atoms with Crippen LogP contribution in [0.2, 0.25) is 0 Å². The lowest BCUT2D eigenvalue weighted by Crippen LogP contribution is -2.29. The molecule has 5 heteroatoms. The first-order chi connectivity index (χ1) is 10.2. The summed E-state index contributed by atoms with van der Waals surface area (Å²) < 4.78 is 10.4. The first kappa shape index (κ1) is 14.1. The van der Waals surface area contributed by atoms with Gasteiger partial charge in [-0.2, -0.15) is 0 Å². The summed E-state index contributed by atoms with van der Waals surface area (Å²) in [6, 6.07) is 8.10. The lowest BCUT2D eigenvalue weighted by Gasteiger charge is -2.21. The zero-order valence-electron chi connectivity index (χ0n) is 12.0. The van der Waals surface area contributed by atoms with Crippen LogP contribution in [0.4, 0.5) is 0 Å². The quantitative estimate of drug-likeness (QED) is 0.849. The molecule has 0 aliphatic heterocycles. The van der Waals surface area contributed by atoms with Gasteiger partial charge in [0.05, 0.1) is 6.61 Å². The topological polar surface area (TPSA) is 62.9 Å². The minimum absolute atomic E-state index is 0.0133. The van der Waals surface area contributed by atoms with Gasteiger partial charge in [0, 0.05) is 31.6 Å². The number of furan rings is 1. The third-order valence-corrected chi connectivity index (χ3v) is 3.82. The van der Waals surface area contributed by atoms with Gasteiger partial charge in [0.1, 0.15) is 5.58 Å². The molecule has 5 nitrogen and oxygen atoms in total. The second kappa shape index (κ2) is 5.87. The van der Waals surface area contributed by atoms with Crippen molar-refractivity contribution in [1.82, 2.24) is 4.90 Å². The average Bonchev–Trinajstić information content (AvgIpc) is 3.22. The van der Waals surface area contributed by atoms with Gasteiger partial charge >= 0.3 is 5.97 Å². The minimum atomic E-state index is -1.03. The molecule has 1 saturated carbocycles. The van der Waals surface area contributed by atoms with Gasteiger partial charge in [-0.3, -0.25) is 4.90 Å². The molecule has 1 aliphatic carbocycles. The summed E-state index contributed by atoms with van der Waals surface area (Å²) in [7, 11) is 1.72. The van der Waals surface area contributed by atoms with Crippen LogP contribution in [0.1, 0.15) is 29.0 Å². The molecule has 0 amide bonds. The van der Waals surface area contributed by atoms with Crippen molar-refractivity contribution in [3.8, 4) is 0 Å². The average molecular weight is 289 g/mol. The van der Waals surface area contributed by atoms with E-state index in [1.807, 2.05) is 18.2 Å². The molecule has 21 heavy (non-hydrogen) atoms. The van der Waals surface area contributed by atoms with Crippen molar-refractivity contribution < 1.29 is 19.1 Å². The maximum Gasteiger partial charge on any atom is 0.371 e. The number of carbonyl (C=O) groups is 1. The van der Waals surface area contributed by atoms with E-state index in [1.165, 1.54) is 18.4 Å². The number of rotatable bonds is 7. The van der Waals surface area contributed by atoms with Gasteiger partial charge in [-0.15, -0.1) is 0 Å². The highest BCUT2D eigenvalue weighted by Gasteiger charge is 2.28. The van der Waals surface area contributed by atoms with Crippen molar-refractivity contribution in [3.63, 3.8) is 0 Å². The normalized spacial score (nSPS) is 15.0. The summed E-state index contributed by atoms with van der Waals surface area (Å²) >= 11 is 0. The molecule has 0 atom stereocenters. The van der Waals surface area contributed by atoms with Crippen LogP contribution in [0.5, 0.6) is 0 Å². The van der Waals surface area contributed by atoms with Crippen molar-refractivity contribution in [3.05, 3.63) is 35.6 Å². The SMILES string of the molecule is COCCN(Cc1ccc2oc(C(=O)O)cc2c1)C1CC1. The monoisotopic (exact) mass is 289 g/mol. The molecule has 1 N–H and O–H groups in total. The highest BCUT2D eigenvalue weighted by molar-refractivity contribution is 5.91. The molecule has 112 valence electrons. The molecule has 3 rings (SSSR count). The van der Waals surface area contributed by atoms with Crippen LogP contribution >= 0.6 is 0 Å². The molecule has 0 radical (unpaired) electrons. The third-order valence-electron chi connectivity index (χ3n) is 3.82. The lowest BCUT2D eigenvalue weighted by atomic mass is 10.1. The van der Waals surface area contributed by atoms with Gasteiger partial charge in [-0.1, -0.05) is 6.07 Å². The Bertz CT molecular complexity index is 645. The Labute approximate surface area is 123 Å². The number of ether oxygens (including phenoxy) is 1. The van der Waals surface area contributed by atoms with Crippen LogP contribution in [0.25, 0.3) is 11.0 Å². The van der Waals surface area contributed by atoms with Crippen molar-refractivity contribution >= 4 is 16.9 Å². The molecule has 1 aromatic carbocycles. The van der Waals surface area contributed by atoms with Crippen molar-refractivity contribution in [2.24, 2.45) is 0 Å². The third kappa shape index (κ3) is 3.25. The number of nitrogens with zero attached hydrogens (tertiary/aromatic N) is 1. The van der Waals surface area contributed by atoms with Gasteiger partial charge in [0.25, 0.3) is 0 Å².